The highest BCUT2D eigenvalue weighted by atomic mass is 16.5. The Labute approximate surface area is 168 Å². The van der Waals surface area contributed by atoms with Crippen LogP contribution in [-0.4, -0.2) is 32.0 Å². The second kappa shape index (κ2) is 8.88. The summed E-state index contributed by atoms with van der Waals surface area (Å²) in [5, 5.41) is 0. The first-order valence-corrected chi connectivity index (χ1v) is 9.14. The van der Waals surface area contributed by atoms with Crippen LogP contribution in [0.5, 0.6) is 17.4 Å². The minimum Gasteiger partial charge on any atom is -0.495 e. The van der Waals surface area contributed by atoms with Gasteiger partial charge in [0.2, 0.25) is 5.88 Å². The fraction of sp³-hybridized carbons (Fsp3) is 0.136. The molecular formula is C22H19N5O2. The third-order valence-corrected chi connectivity index (χ3v) is 4.25. The Balaban J connectivity index is 1.45. The molecule has 0 unspecified atom stereocenters. The van der Waals surface area contributed by atoms with Gasteiger partial charge in [0.15, 0.2) is 5.82 Å². The van der Waals surface area contributed by atoms with Gasteiger partial charge >= 0.3 is 0 Å². The van der Waals surface area contributed by atoms with Crippen molar-refractivity contribution in [3.05, 3.63) is 84.8 Å². The molecule has 0 bridgehead atoms. The Kier molecular flexibility index (Phi) is 5.66. The fourth-order valence-electron chi connectivity index (χ4n) is 2.82. The van der Waals surface area contributed by atoms with E-state index in [0.29, 0.717) is 17.5 Å². The highest BCUT2D eigenvalue weighted by Gasteiger charge is 2.06. The number of rotatable bonds is 7. The fourth-order valence-corrected chi connectivity index (χ4v) is 2.82. The van der Waals surface area contributed by atoms with Gasteiger partial charge in [0.25, 0.3) is 0 Å². The first-order valence-electron chi connectivity index (χ1n) is 9.14. The second-order valence-electron chi connectivity index (χ2n) is 6.28. The van der Waals surface area contributed by atoms with Crippen LogP contribution in [0.4, 0.5) is 0 Å². The van der Waals surface area contributed by atoms with E-state index in [0.717, 1.165) is 35.4 Å². The maximum absolute atomic E-state index is 5.75. The molecule has 0 atom stereocenters. The van der Waals surface area contributed by atoms with Crippen LogP contribution < -0.4 is 9.47 Å². The Hall–Kier alpha value is -3.87. The van der Waals surface area contributed by atoms with Gasteiger partial charge in [-0.1, -0.05) is 12.1 Å². The third-order valence-electron chi connectivity index (χ3n) is 4.25. The summed E-state index contributed by atoms with van der Waals surface area (Å²) in [5.41, 5.74) is 2.93. The molecule has 7 heteroatoms. The summed E-state index contributed by atoms with van der Waals surface area (Å²) < 4.78 is 11.0. The van der Waals surface area contributed by atoms with Crippen LogP contribution in [0.2, 0.25) is 0 Å². The van der Waals surface area contributed by atoms with Crippen LogP contribution in [0.15, 0.2) is 73.6 Å². The number of ether oxygens (including phenoxy) is 2. The van der Waals surface area contributed by atoms with E-state index >= 15 is 0 Å². The molecule has 29 heavy (non-hydrogen) atoms. The molecule has 0 aliphatic carbocycles. The quantitative estimate of drug-likeness (QED) is 0.477. The Morgan fingerprint density at radius 3 is 2.66 bits per heavy atom. The first-order chi connectivity index (χ1) is 14.3. The van der Waals surface area contributed by atoms with Crippen LogP contribution >= 0.6 is 0 Å². The molecule has 1 aromatic carbocycles. The average molecular weight is 385 g/mol. The van der Waals surface area contributed by atoms with Gasteiger partial charge in [0.1, 0.15) is 11.5 Å². The van der Waals surface area contributed by atoms with Crippen LogP contribution in [-0.2, 0) is 12.8 Å². The van der Waals surface area contributed by atoms with E-state index in [1.54, 1.807) is 44.3 Å². The largest absolute Gasteiger partial charge is 0.495 e. The molecule has 0 aliphatic rings. The molecule has 144 valence electrons. The predicted octanol–water partition coefficient (Wildman–Crippen LogP) is 3.91. The second-order valence-corrected chi connectivity index (χ2v) is 6.28. The Bertz CT molecular complexity index is 1090. The van der Waals surface area contributed by atoms with Gasteiger partial charge in [0, 0.05) is 36.0 Å². The van der Waals surface area contributed by atoms with Crippen molar-refractivity contribution in [1.82, 2.24) is 24.9 Å². The molecule has 0 radical (unpaired) electrons. The Morgan fingerprint density at radius 1 is 0.828 bits per heavy atom. The van der Waals surface area contributed by atoms with Crippen molar-refractivity contribution in [1.29, 1.82) is 0 Å². The summed E-state index contributed by atoms with van der Waals surface area (Å²) in [4.78, 5) is 21.3. The summed E-state index contributed by atoms with van der Waals surface area (Å²) in [6, 6.07) is 11.7. The van der Waals surface area contributed by atoms with E-state index in [1.807, 2.05) is 30.3 Å². The predicted molar refractivity (Wildman–Crippen MR) is 108 cm³/mol. The maximum Gasteiger partial charge on any atom is 0.237 e. The molecule has 7 nitrogen and oxygen atoms in total. The normalized spacial score (nSPS) is 10.5. The standard InChI is InChI=1S/C22H19N5O2/c1-28-20-12-17(13-24-14-20)22-26-8-7-18(27-22)6-5-16-3-2-4-19(11-16)29-21-15-23-9-10-25-21/h2-4,7-15H,5-6H2,1H3. The van der Waals surface area contributed by atoms with E-state index in [4.69, 9.17) is 9.47 Å². The molecule has 3 aromatic heterocycles. The zero-order chi connectivity index (χ0) is 19.9. The van der Waals surface area contributed by atoms with Crippen molar-refractivity contribution in [2.45, 2.75) is 12.8 Å². The van der Waals surface area contributed by atoms with Gasteiger partial charge in [-0.05, 0) is 42.7 Å². The number of hydrogen-bond donors (Lipinski definition) is 0. The summed E-state index contributed by atoms with van der Waals surface area (Å²) in [6.07, 6.45) is 11.6. The zero-order valence-corrected chi connectivity index (χ0v) is 15.9. The number of pyridine rings is 1. The van der Waals surface area contributed by atoms with Gasteiger partial charge in [-0.2, -0.15) is 0 Å². The summed E-state index contributed by atoms with van der Waals surface area (Å²) in [6.45, 7) is 0. The number of hydrogen-bond acceptors (Lipinski definition) is 7. The SMILES string of the molecule is COc1cncc(-c2nccc(CCc3cccc(Oc4cnccn4)c3)n2)c1. The van der Waals surface area contributed by atoms with Crippen molar-refractivity contribution in [2.24, 2.45) is 0 Å². The average Bonchev–Trinajstić information content (AvgIpc) is 2.79. The van der Waals surface area contributed by atoms with Crippen LogP contribution in [0.25, 0.3) is 11.4 Å². The molecule has 4 aromatic rings. The molecule has 0 saturated heterocycles. The third kappa shape index (κ3) is 4.90. The first kappa shape index (κ1) is 18.5. The van der Waals surface area contributed by atoms with E-state index in [2.05, 4.69) is 31.0 Å². The number of methoxy groups -OCH3 is 1. The van der Waals surface area contributed by atoms with Crippen LogP contribution in [0, 0.1) is 0 Å². The van der Waals surface area contributed by atoms with E-state index < -0.39 is 0 Å². The molecule has 0 amide bonds. The van der Waals surface area contributed by atoms with Crippen LogP contribution in [0.3, 0.4) is 0 Å². The van der Waals surface area contributed by atoms with Crippen molar-refractivity contribution in [3.8, 4) is 28.8 Å². The number of benzene rings is 1. The molecule has 0 N–H and O–H groups in total. The maximum atomic E-state index is 5.75. The molecule has 0 saturated carbocycles. The summed E-state index contributed by atoms with van der Waals surface area (Å²) >= 11 is 0. The lowest BCUT2D eigenvalue weighted by Gasteiger charge is -2.07. The number of nitrogens with zero attached hydrogens (tertiary/aromatic N) is 5. The lowest BCUT2D eigenvalue weighted by molar-refractivity contribution is 0.413. The van der Waals surface area contributed by atoms with Crippen LogP contribution in [0.1, 0.15) is 11.3 Å². The van der Waals surface area contributed by atoms with Crippen molar-refractivity contribution < 1.29 is 9.47 Å². The molecule has 0 fully saturated rings. The summed E-state index contributed by atoms with van der Waals surface area (Å²) in [7, 11) is 1.61. The smallest absolute Gasteiger partial charge is 0.237 e. The van der Waals surface area contributed by atoms with Gasteiger partial charge in [-0.15, -0.1) is 0 Å². The molecule has 3 heterocycles. The highest BCUT2D eigenvalue weighted by Crippen LogP contribution is 2.21. The van der Waals surface area contributed by atoms with E-state index in [9.17, 15) is 0 Å². The summed E-state index contributed by atoms with van der Waals surface area (Å²) in [5.74, 6) is 2.51. The van der Waals surface area contributed by atoms with E-state index in [-0.39, 0.29) is 0 Å². The lowest BCUT2D eigenvalue weighted by atomic mass is 10.1. The van der Waals surface area contributed by atoms with Gasteiger partial charge in [-0.25, -0.2) is 15.0 Å². The molecule has 0 spiro atoms. The van der Waals surface area contributed by atoms with Gasteiger partial charge in [-0.3, -0.25) is 9.97 Å². The Morgan fingerprint density at radius 2 is 1.79 bits per heavy atom. The molecular weight excluding hydrogens is 366 g/mol. The van der Waals surface area contributed by atoms with E-state index in [1.165, 1.54) is 0 Å². The van der Waals surface area contributed by atoms with Crippen molar-refractivity contribution in [2.75, 3.05) is 7.11 Å². The monoisotopic (exact) mass is 385 g/mol. The van der Waals surface area contributed by atoms with Gasteiger partial charge < -0.3 is 9.47 Å². The minimum absolute atomic E-state index is 0.469. The van der Waals surface area contributed by atoms with Gasteiger partial charge in [0.05, 0.1) is 19.5 Å². The minimum atomic E-state index is 0.469. The zero-order valence-electron chi connectivity index (χ0n) is 15.9. The molecule has 0 aliphatic heterocycles. The molecule has 4 rings (SSSR count). The highest BCUT2D eigenvalue weighted by molar-refractivity contribution is 5.55. The topological polar surface area (TPSA) is 82.9 Å². The van der Waals surface area contributed by atoms with Crippen molar-refractivity contribution >= 4 is 0 Å². The lowest BCUT2D eigenvalue weighted by Crippen LogP contribution is -1.99. The number of aromatic nitrogens is 5. The number of aryl methyl sites for hydroxylation is 2. The van der Waals surface area contributed by atoms with Crippen molar-refractivity contribution in [3.63, 3.8) is 0 Å².